The van der Waals surface area contributed by atoms with Crippen molar-refractivity contribution in [2.45, 2.75) is 33.4 Å². The van der Waals surface area contributed by atoms with Gasteiger partial charge in [-0.1, -0.05) is 20.8 Å². The molecule has 1 unspecified atom stereocenters. The van der Waals surface area contributed by atoms with Gasteiger partial charge in [-0.05, 0) is 11.3 Å². The molecule has 0 saturated carbocycles. The topological polar surface area (TPSA) is 0 Å². The van der Waals surface area contributed by atoms with E-state index in [1.54, 1.807) is 20.8 Å². The Hall–Kier alpha value is 0.0800. The quantitative estimate of drug-likeness (QED) is 0.597. The van der Waals surface area contributed by atoms with Gasteiger partial charge in [0.15, 0.2) is 0 Å². The summed E-state index contributed by atoms with van der Waals surface area (Å²) in [5.41, 5.74) is -0.378. The molecule has 0 saturated heterocycles. The number of halogens is 4. The van der Waals surface area contributed by atoms with E-state index in [0.717, 1.165) is 0 Å². The van der Waals surface area contributed by atoms with E-state index in [1.807, 2.05) is 0 Å². The van der Waals surface area contributed by atoms with Gasteiger partial charge in [-0.15, -0.1) is 11.6 Å². The van der Waals surface area contributed by atoms with Crippen LogP contribution < -0.4 is 0 Å². The molecule has 0 radical (unpaired) electrons. The fourth-order valence-corrected chi connectivity index (χ4v) is 1.44. The Kier molecular flexibility index (Phi) is 3.88. The highest BCUT2D eigenvalue weighted by Crippen LogP contribution is 2.36. The number of hydrogen-bond donors (Lipinski definition) is 0. The third-order valence-corrected chi connectivity index (χ3v) is 2.26. The molecule has 0 amide bonds. The van der Waals surface area contributed by atoms with Gasteiger partial charge in [-0.2, -0.15) is 13.2 Å². The predicted octanol–water partition coefficient (Wildman–Crippen LogP) is 3.84. The maximum absolute atomic E-state index is 12.0. The fraction of sp³-hybridized carbons (Fsp3) is 1.00. The maximum atomic E-state index is 12.0. The summed E-state index contributed by atoms with van der Waals surface area (Å²) < 4.78 is 35.9. The first kappa shape index (κ1) is 12.1. The van der Waals surface area contributed by atoms with Crippen molar-refractivity contribution in [2.24, 2.45) is 11.3 Å². The highest BCUT2D eigenvalue weighted by molar-refractivity contribution is 6.18. The molecule has 0 bridgehead atoms. The molecule has 1 atom stereocenters. The summed E-state index contributed by atoms with van der Waals surface area (Å²) >= 11 is 5.46. The predicted molar refractivity (Wildman–Crippen MR) is 44.3 cm³/mol. The molecule has 4 heteroatoms. The largest absolute Gasteiger partial charge is 0.389 e. The molecule has 0 aliphatic rings. The van der Waals surface area contributed by atoms with E-state index in [9.17, 15) is 13.2 Å². The molecule has 0 N–H and O–H groups in total. The Morgan fingerprint density at radius 2 is 1.58 bits per heavy atom. The summed E-state index contributed by atoms with van der Waals surface area (Å²) in [5, 5.41) is 0. The van der Waals surface area contributed by atoms with Crippen LogP contribution in [0.3, 0.4) is 0 Å². The van der Waals surface area contributed by atoms with E-state index < -0.39 is 18.5 Å². The molecule has 0 aliphatic heterocycles. The SMILES string of the molecule is CC(C)(C)C(CCl)CC(F)(F)F. The van der Waals surface area contributed by atoms with Gasteiger partial charge in [0.1, 0.15) is 0 Å². The molecular formula is C8H14ClF3. The average Bonchev–Trinajstić information content (AvgIpc) is 1.78. The van der Waals surface area contributed by atoms with E-state index >= 15 is 0 Å². The van der Waals surface area contributed by atoms with Gasteiger partial charge in [0.2, 0.25) is 0 Å². The molecule has 74 valence electrons. The Balaban J connectivity index is 4.20. The first-order valence-electron chi connectivity index (χ1n) is 3.79. The van der Waals surface area contributed by atoms with Gasteiger partial charge in [-0.25, -0.2) is 0 Å². The molecule has 0 aromatic heterocycles. The van der Waals surface area contributed by atoms with Crippen LogP contribution in [0, 0.1) is 11.3 Å². The van der Waals surface area contributed by atoms with Crippen molar-refractivity contribution in [1.29, 1.82) is 0 Å². The Labute approximate surface area is 76.1 Å². The molecular weight excluding hydrogens is 189 g/mol. The van der Waals surface area contributed by atoms with Gasteiger partial charge < -0.3 is 0 Å². The zero-order valence-corrected chi connectivity index (χ0v) is 8.26. The van der Waals surface area contributed by atoms with E-state index in [0.29, 0.717) is 0 Å². The van der Waals surface area contributed by atoms with Gasteiger partial charge >= 0.3 is 6.18 Å². The summed E-state index contributed by atoms with van der Waals surface area (Å²) in [7, 11) is 0. The summed E-state index contributed by atoms with van der Waals surface area (Å²) in [6.45, 7) is 5.31. The van der Waals surface area contributed by atoms with E-state index in [4.69, 9.17) is 11.6 Å². The van der Waals surface area contributed by atoms with Crippen LogP contribution >= 0.6 is 11.6 Å². The minimum absolute atomic E-state index is 0.0585. The number of alkyl halides is 4. The van der Waals surface area contributed by atoms with Crippen molar-refractivity contribution in [3.63, 3.8) is 0 Å². The van der Waals surface area contributed by atoms with Crippen molar-refractivity contribution in [3.05, 3.63) is 0 Å². The van der Waals surface area contributed by atoms with Crippen molar-refractivity contribution in [1.82, 2.24) is 0 Å². The third kappa shape index (κ3) is 4.86. The standard InChI is InChI=1S/C8H14ClF3/c1-7(2,3)6(5-9)4-8(10,11)12/h6H,4-5H2,1-3H3. The van der Waals surface area contributed by atoms with Crippen LogP contribution in [0.25, 0.3) is 0 Å². The fourth-order valence-electron chi connectivity index (χ4n) is 0.872. The lowest BCUT2D eigenvalue weighted by Gasteiger charge is -2.29. The molecule has 0 aromatic carbocycles. The number of rotatable bonds is 2. The summed E-state index contributed by atoms with van der Waals surface area (Å²) in [4.78, 5) is 0. The van der Waals surface area contributed by atoms with Crippen molar-refractivity contribution in [2.75, 3.05) is 5.88 Å². The molecule has 0 fully saturated rings. The first-order valence-corrected chi connectivity index (χ1v) is 4.33. The van der Waals surface area contributed by atoms with E-state index in [1.165, 1.54) is 0 Å². The molecule has 0 nitrogen and oxygen atoms in total. The van der Waals surface area contributed by atoms with E-state index in [-0.39, 0.29) is 11.3 Å². The van der Waals surface area contributed by atoms with Gasteiger partial charge in [0, 0.05) is 12.3 Å². The zero-order chi connectivity index (χ0) is 9.99. The van der Waals surface area contributed by atoms with Crippen LogP contribution in [0.5, 0.6) is 0 Å². The lowest BCUT2D eigenvalue weighted by atomic mass is 9.80. The summed E-state index contributed by atoms with van der Waals surface area (Å²) in [5.74, 6) is -0.442. The van der Waals surface area contributed by atoms with Crippen molar-refractivity contribution < 1.29 is 13.2 Å². The Morgan fingerprint density at radius 3 is 1.67 bits per heavy atom. The highest BCUT2D eigenvalue weighted by atomic mass is 35.5. The minimum atomic E-state index is -4.10. The van der Waals surface area contributed by atoms with Gasteiger partial charge in [-0.3, -0.25) is 0 Å². The Morgan fingerprint density at radius 1 is 1.17 bits per heavy atom. The Bertz CT molecular complexity index is 134. The minimum Gasteiger partial charge on any atom is -0.171 e. The van der Waals surface area contributed by atoms with E-state index in [2.05, 4.69) is 0 Å². The molecule has 0 spiro atoms. The maximum Gasteiger partial charge on any atom is 0.389 e. The lowest BCUT2D eigenvalue weighted by Crippen LogP contribution is -2.27. The molecule has 0 aromatic rings. The lowest BCUT2D eigenvalue weighted by molar-refractivity contribution is -0.149. The third-order valence-electron chi connectivity index (χ3n) is 1.89. The number of hydrogen-bond acceptors (Lipinski definition) is 0. The molecule has 12 heavy (non-hydrogen) atoms. The zero-order valence-electron chi connectivity index (χ0n) is 7.50. The summed E-state index contributed by atoms with van der Waals surface area (Å²) in [6.07, 6.45) is -4.90. The molecule has 0 aliphatic carbocycles. The normalized spacial score (nSPS) is 16.2. The van der Waals surface area contributed by atoms with Crippen LogP contribution in [0.4, 0.5) is 13.2 Å². The van der Waals surface area contributed by atoms with Crippen LogP contribution in [-0.4, -0.2) is 12.1 Å². The second-order valence-electron chi connectivity index (χ2n) is 4.04. The van der Waals surface area contributed by atoms with Gasteiger partial charge in [0.05, 0.1) is 0 Å². The second-order valence-corrected chi connectivity index (χ2v) is 4.35. The smallest absolute Gasteiger partial charge is 0.171 e. The van der Waals surface area contributed by atoms with Crippen LogP contribution in [0.1, 0.15) is 27.2 Å². The van der Waals surface area contributed by atoms with Crippen LogP contribution in [0.15, 0.2) is 0 Å². The molecule has 0 heterocycles. The second kappa shape index (κ2) is 3.86. The average molecular weight is 203 g/mol. The van der Waals surface area contributed by atoms with Crippen molar-refractivity contribution in [3.8, 4) is 0 Å². The van der Waals surface area contributed by atoms with Crippen molar-refractivity contribution >= 4 is 11.6 Å². The monoisotopic (exact) mass is 202 g/mol. The highest BCUT2D eigenvalue weighted by Gasteiger charge is 2.36. The first-order chi connectivity index (χ1) is 5.17. The van der Waals surface area contributed by atoms with Gasteiger partial charge in [0.25, 0.3) is 0 Å². The molecule has 0 rings (SSSR count). The summed E-state index contributed by atoms with van der Waals surface area (Å²) in [6, 6.07) is 0. The van der Waals surface area contributed by atoms with Crippen LogP contribution in [0.2, 0.25) is 0 Å². The van der Waals surface area contributed by atoms with Crippen LogP contribution in [-0.2, 0) is 0 Å².